The van der Waals surface area contributed by atoms with Crippen LogP contribution in [0.1, 0.15) is 23.4 Å². The van der Waals surface area contributed by atoms with Crippen molar-refractivity contribution in [2.75, 3.05) is 19.6 Å². The van der Waals surface area contributed by atoms with Gasteiger partial charge in [-0.2, -0.15) is 5.26 Å². The summed E-state index contributed by atoms with van der Waals surface area (Å²) in [5, 5.41) is 12.6. The first-order chi connectivity index (χ1) is 10.3. The quantitative estimate of drug-likeness (QED) is 0.876. The van der Waals surface area contributed by atoms with Crippen LogP contribution in [0.25, 0.3) is 11.0 Å². The van der Waals surface area contributed by atoms with Crippen LogP contribution >= 0.6 is 0 Å². The molecule has 1 aromatic heterocycles. The molecule has 0 unspecified atom stereocenters. The molecule has 0 saturated carbocycles. The van der Waals surface area contributed by atoms with E-state index >= 15 is 0 Å². The van der Waals surface area contributed by atoms with Crippen LogP contribution in [0.2, 0.25) is 0 Å². The minimum absolute atomic E-state index is 0.153. The number of hydrogen-bond donors (Lipinski definition) is 1. The normalized spacial score (nSPS) is 16.7. The second kappa shape index (κ2) is 5.98. The van der Waals surface area contributed by atoms with Gasteiger partial charge in [-0.25, -0.2) is 0 Å². The molecule has 5 heteroatoms. The van der Waals surface area contributed by atoms with E-state index in [4.69, 9.17) is 9.68 Å². The van der Waals surface area contributed by atoms with Crippen LogP contribution in [-0.2, 0) is 0 Å². The average Bonchev–Trinajstić information content (AvgIpc) is 2.94. The standard InChI is InChI=1S/C16H17N3O2/c17-7-10-19-8-5-13(6-9-19)18-16(20)15-11-12-3-1-2-4-14(12)21-15/h1-4,11,13H,5-6,8-10H2,(H,18,20). The molecule has 0 atom stereocenters. The molecule has 0 radical (unpaired) electrons. The van der Waals surface area contributed by atoms with Gasteiger partial charge in [0.1, 0.15) is 5.58 Å². The lowest BCUT2D eigenvalue weighted by Crippen LogP contribution is -2.44. The predicted molar refractivity (Wildman–Crippen MR) is 78.8 cm³/mol. The fourth-order valence-electron chi connectivity index (χ4n) is 2.69. The monoisotopic (exact) mass is 283 g/mol. The number of piperidine rings is 1. The maximum atomic E-state index is 12.2. The maximum Gasteiger partial charge on any atom is 0.287 e. The Morgan fingerprint density at radius 1 is 1.38 bits per heavy atom. The molecule has 1 amide bonds. The van der Waals surface area contributed by atoms with E-state index in [0.29, 0.717) is 12.3 Å². The van der Waals surface area contributed by atoms with Gasteiger partial charge in [-0.1, -0.05) is 18.2 Å². The van der Waals surface area contributed by atoms with Gasteiger partial charge in [0.15, 0.2) is 5.76 Å². The molecule has 1 N–H and O–H groups in total. The Balaban J connectivity index is 1.61. The molecule has 1 saturated heterocycles. The second-order valence-electron chi connectivity index (χ2n) is 5.33. The Morgan fingerprint density at radius 2 is 2.14 bits per heavy atom. The molecule has 2 heterocycles. The number of benzene rings is 1. The van der Waals surface area contributed by atoms with Gasteiger partial charge in [-0.05, 0) is 25.0 Å². The van der Waals surface area contributed by atoms with E-state index in [1.165, 1.54) is 0 Å². The molecule has 0 bridgehead atoms. The number of rotatable bonds is 3. The van der Waals surface area contributed by atoms with E-state index in [-0.39, 0.29) is 11.9 Å². The third kappa shape index (κ3) is 3.06. The molecule has 1 fully saturated rings. The molecule has 5 nitrogen and oxygen atoms in total. The van der Waals surface area contributed by atoms with Crippen molar-refractivity contribution in [3.05, 3.63) is 36.1 Å². The Kier molecular flexibility index (Phi) is 3.89. The Bertz CT molecular complexity index is 645. The third-order valence-electron chi connectivity index (χ3n) is 3.87. The van der Waals surface area contributed by atoms with Gasteiger partial charge in [0.2, 0.25) is 0 Å². The number of amides is 1. The molecular formula is C16H17N3O2. The zero-order valence-corrected chi connectivity index (χ0v) is 11.7. The summed E-state index contributed by atoms with van der Waals surface area (Å²) in [6.45, 7) is 2.15. The summed E-state index contributed by atoms with van der Waals surface area (Å²) in [4.78, 5) is 14.3. The third-order valence-corrected chi connectivity index (χ3v) is 3.87. The van der Waals surface area contributed by atoms with Crippen molar-refractivity contribution in [2.45, 2.75) is 18.9 Å². The summed E-state index contributed by atoms with van der Waals surface area (Å²) >= 11 is 0. The van der Waals surface area contributed by atoms with Crippen molar-refractivity contribution in [3.63, 3.8) is 0 Å². The van der Waals surface area contributed by atoms with Gasteiger partial charge in [-0.15, -0.1) is 0 Å². The highest BCUT2D eigenvalue weighted by Crippen LogP contribution is 2.19. The van der Waals surface area contributed by atoms with E-state index in [0.717, 1.165) is 36.9 Å². The number of carbonyl (C=O) groups excluding carboxylic acids is 1. The summed E-state index contributed by atoms with van der Waals surface area (Å²) < 4.78 is 5.57. The first-order valence-electron chi connectivity index (χ1n) is 7.15. The molecule has 1 aliphatic rings. The lowest BCUT2D eigenvalue weighted by atomic mass is 10.1. The molecule has 3 rings (SSSR count). The fourth-order valence-corrected chi connectivity index (χ4v) is 2.69. The fraction of sp³-hybridized carbons (Fsp3) is 0.375. The van der Waals surface area contributed by atoms with Crippen LogP contribution in [-0.4, -0.2) is 36.5 Å². The van der Waals surface area contributed by atoms with Crippen molar-refractivity contribution < 1.29 is 9.21 Å². The van der Waals surface area contributed by atoms with Gasteiger partial charge < -0.3 is 9.73 Å². The highest BCUT2D eigenvalue weighted by atomic mass is 16.3. The molecule has 108 valence electrons. The van der Waals surface area contributed by atoms with E-state index in [9.17, 15) is 4.79 Å². The molecular weight excluding hydrogens is 266 g/mol. The molecule has 1 aliphatic heterocycles. The Hall–Kier alpha value is -2.32. The summed E-state index contributed by atoms with van der Waals surface area (Å²) in [5.41, 5.74) is 0.728. The number of likely N-dealkylation sites (tertiary alicyclic amines) is 1. The largest absolute Gasteiger partial charge is 0.451 e. The first kappa shape index (κ1) is 13.7. The van der Waals surface area contributed by atoms with Gasteiger partial charge >= 0.3 is 0 Å². The Labute approximate surface area is 123 Å². The lowest BCUT2D eigenvalue weighted by molar-refractivity contribution is 0.0888. The highest BCUT2D eigenvalue weighted by molar-refractivity contribution is 5.96. The zero-order chi connectivity index (χ0) is 14.7. The number of nitriles is 1. The predicted octanol–water partition coefficient (Wildman–Crippen LogP) is 2.15. The summed E-state index contributed by atoms with van der Waals surface area (Å²) in [6, 6.07) is 11.7. The molecule has 1 aromatic carbocycles. The zero-order valence-electron chi connectivity index (χ0n) is 11.7. The van der Waals surface area contributed by atoms with Crippen LogP contribution in [0.3, 0.4) is 0 Å². The van der Waals surface area contributed by atoms with Crippen molar-refractivity contribution in [1.82, 2.24) is 10.2 Å². The smallest absolute Gasteiger partial charge is 0.287 e. The second-order valence-corrected chi connectivity index (χ2v) is 5.33. The van der Waals surface area contributed by atoms with Gasteiger partial charge in [0.25, 0.3) is 5.91 Å². The Morgan fingerprint density at radius 3 is 2.86 bits per heavy atom. The summed E-state index contributed by atoms with van der Waals surface area (Å²) in [7, 11) is 0. The van der Waals surface area contributed by atoms with E-state index in [2.05, 4.69) is 16.3 Å². The van der Waals surface area contributed by atoms with E-state index in [1.54, 1.807) is 6.07 Å². The van der Waals surface area contributed by atoms with Crippen molar-refractivity contribution >= 4 is 16.9 Å². The number of furan rings is 1. The van der Waals surface area contributed by atoms with Crippen molar-refractivity contribution in [3.8, 4) is 6.07 Å². The number of nitrogens with zero attached hydrogens (tertiary/aromatic N) is 2. The summed E-state index contributed by atoms with van der Waals surface area (Å²) in [6.07, 6.45) is 1.74. The average molecular weight is 283 g/mol. The lowest BCUT2D eigenvalue weighted by Gasteiger charge is -2.30. The number of carbonyl (C=O) groups is 1. The van der Waals surface area contributed by atoms with Gasteiger partial charge in [0, 0.05) is 24.5 Å². The van der Waals surface area contributed by atoms with Gasteiger partial charge in [-0.3, -0.25) is 9.69 Å². The number of para-hydroxylation sites is 1. The minimum Gasteiger partial charge on any atom is -0.451 e. The van der Waals surface area contributed by atoms with Crippen LogP contribution in [0.5, 0.6) is 0 Å². The number of fused-ring (bicyclic) bond motifs is 1. The summed E-state index contributed by atoms with van der Waals surface area (Å²) in [5.74, 6) is 0.195. The maximum absolute atomic E-state index is 12.2. The van der Waals surface area contributed by atoms with E-state index in [1.807, 2.05) is 24.3 Å². The number of nitrogens with one attached hydrogen (secondary N) is 1. The van der Waals surface area contributed by atoms with E-state index < -0.39 is 0 Å². The SMILES string of the molecule is N#CCN1CCC(NC(=O)c2cc3ccccc3o2)CC1. The number of hydrogen-bond acceptors (Lipinski definition) is 4. The first-order valence-corrected chi connectivity index (χ1v) is 7.15. The minimum atomic E-state index is -0.162. The molecule has 21 heavy (non-hydrogen) atoms. The van der Waals surface area contributed by atoms with Crippen LogP contribution in [0.4, 0.5) is 0 Å². The molecule has 0 spiro atoms. The van der Waals surface area contributed by atoms with Crippen molar-refractivity contribution in [1.29, 1.82) is 5.26 Å². The highest BCUT2D eigenvalue weighted by Gasteiger charge is 2.22. The van der Waals surface area contributed by atoms with Crippen molar-refractivity contribution in [2.24, 2.45) is 0 Å². The molecule has 2 aromatic rings. The molecule has 0 aliphatic carbocycles. The van der Waals surface area contributed by atoms with Crippen LogP contribution in [0.15, 0.2) is 34.7 Å². The van der Waals surface area contributed by atoms with Gasteiger partial charge in [0.05, 0.1) is 12.6 Å². The van der Waals surface area contributed by atoms with Crippen LogP contribution in [0, 0.1) is 11.3 Å². The van der Waals surface area contributed by atoms with Crippen LogP contribution < -0.4 is 5.32 Å². The topological polar surface area (TPSA) is 69.3 Å².